The molecule has 0 spiro atoms. The Bertz CT molecular complexity index is 344. The zero-order valence-electron chi connectivity index (χ0n) is 7.61. The first-order chi connectivity index (χ1) is 6.45. The van der Waals surface area contributed by atoms with Gasteiger partial charge in [0.15, 0.2) is 0 Å². The van der Waals surface area contributed by atoms with Crippen LogP contribution in [0.15, 0.2) is 47.9 Å². The van der Waals surface area contributed by atoms with E-state index < -0.39 is 0 Å². The molecule has 0 aromatic heterocycles. The predicted octanol–water partition coefficient (Wildman–Crippen LogP) is 2.61. The molecule has 0 radical (unpaired) electrons. The fraction of sp³-hybridized carbons (Fsp3) is 0.333. The van der Waals surface area contributed by atoms with Gasteiger partial charge in [0.05, 0.1) is 0 Å². The fourth-order valence-electron chi connectivity index (χ4n) is 2.47. The third kappa shape index (κ3) is 0.998. The molecular weight excluding hydrogens is 158 g/mol. The van der Waals surface area contributed by atoms with E-state index in [9.17, 15) is 0 Å². The van der Waals surface area contributed by atoms with E-state index in [1.807, 2.05) is 0 Å². The molecule has 1 fully saturated rings. The minimum absolute atomic E-state index is 0.785. The highest BCUT2D eigenvalue weighted by atomic mass is 15.1. The molecule has 2 heterocycles. The predicted molar refractivity (Wildman–Crippen MR) is 53.9 cm³/mol. The Morgan fingerprint density at radius 2 is 2.23 bits per heavy atom. The molecule has 1 nitrogen and oxygen atoms in total. The van der Waals surface area contributed by atoms with Crippen LogP contribution in [0.25, 0.3) is 0 Å². The summed E-state index contributed by atoms with van der Waals surface area (Å²) in [5.41, 5.74) is 2.96. The van der Waals surface area contributed by atoms with Gasteiger partial charge in [-0.25, -0.2) is 0 Å². The lowest BCUT2D eigenvalue weighted by Crippen LogP contribution is -2.13. The molecule has 0 N–H and O–H groups in total. The molecule has 1 saturated heterocycles. The monoisotopic (exact) mass is 171 g/mol. The van der Waals surface area contributed by atoms with Crippen LogP contribution in [0, 0.1) is 5.92 Å². The van der Waals surface area contributed by atoms with Gasteiger partial charge in [0, 0.05) is 24.4 Å². The summed E-state index contributed by atoms with van der Waals surface area (Å²) in [7, 11) is 0. The maximum Gasteiger partial charge on any atom is 0.0281 e. The summed E-state index contributed by atoms with van der Waals surface area (Å²) >= 11 is 0. The van der Waals surface area contributed by atoms with Crippen molar-refractivity contribution in [3.05, 3.63) is 47.9 Å². The molecule has 66 valence electrons. The van der Waals surface area contributed by atoms with Crippen LogP contribution in [-0.2, 0) is 0 Å². The largest absolute Gasteiger partial charge is 0.351 e. The molecule has 1 unspecified atom stereocenters. The number of hydrogen-bond acceptors (Lipinski definition) is 1. The van der Waals surface area contributed by atoms with E-state index in [0.29, 0.717) is 0 Å². The average molecular weight is 171 g/mol. The number of nitrogens with zero attached hydrogens (tertiary/aromatic N) is 1. The van der Waals surface area contributed by atoms with Gasteiger partial charge in [-0.05, 0) is 24.5 Å². The maximum atomic E-state index is 2.41. The molecule has 3 aliphatic rings. The summed E-state index contributed by atoms with van der Waals surface area (Å²) < 4.78 is 0. The van der Waals surface area contributed by atoms with Gasteiger partial charge in [-0.1, -0.05) is 24.3 Å². The van der Waals surface area contributed by atoms with E-state index in [-0.39, 0.29) is 0 Å². The molecule has 3 rings (SSSR count). The molecule has 0 aromatic carbocycles. The van der Waals surface area contributed by atoms with Crippen molar-refractivity contribution in [3.63, 3.8) is 0 Å². The molecule has 0 amide bonds. The van der Waals surface area contributed by atoms with Crippen LogP contribution in [0.5, 0.6) is 0 Å². The third-order valence-electron chi connectivity index (χ3n) is 3.08. The highest BCUT2D eigenvalue weighted by molar-refractivity contribution is 5.43. The smallest absolute Gasteiger partial charge is 0.0281 e. The van der Waals surface area contributed by atoms with Crippen LogP contribution in [-0.4, -0.2) is 11.4 Å². The van der Waals surface area contributed by atoms with Gasteiger partial charge in [0.1, 0.15) is 0 Å². The lowest BCUT2D eigenvalue weighted by atomic mass is 9.92. The van der Waals surface area contributed by atoms with Crippen molar-refractivity contribution >= 4 is 0 Å². The second kappa shape index (κ2) is 2.63. The van der Waals surface area contributed by atoms with Gasteiger partial charge < -0.3 is 4.90 Å². The topological polar surface area (TPSA) is 3.24 Å². The Hall–Kier alpha value is -1.24. The number of rotatable bonds is 0. The summed E-state index contributed by atoms with van der Waals surface area (Å²) in [6, 6.07) is 0. The van der Waals surface area contributed by atoms with Crippen molar-refractivity contribution in [2.75, 3.05) is 6.54 Å². The Morgan fingerprint density at radius 1 is 1.23 bits per heavy atom. The first-order valence-electron chi connectivity index (χ1n) is 4.97. The van der Waals surface area contributed by atoms with Gasteiger partial charge in [-0.3, -0.25) is 0 Å². The molecule has 1 aliphatic carbocycles. The molecule has 1 heteroatoms. The molecule has 0 aromatic rings. The van der Waals surface area contributed by atoms with Crippen molar-refractivity contribution in [2.24, 2.45) is 5.92 Å². The lowest BCUT2D eigenvalue weighted by molar-refractivity contribution is 0.524. The van der Waals surface area contributed by atoms with E-state index in [1.54, 1.807) is 5.70 Å². The van der Waals surface area contributed by atoms with Gasteiger partial charge in [0.25, 0.3) is 0 Å². The normalized spacial score (nSPS) is 29.5. The first-order valence-corrected chi connectivity index (χ1v) is 4.97. The summed E-state index contributed by atoms with van der Waals surface area (Å²) in [5.74, 6) is 0.785. The zero-order valence-corrected chi connectivity index (χ0v) is 7.61. The fourth-order valence-corrected chi connectivity index (χ4v) is 2.47. The minimum Gasteiger partial charge on any atom is -0.351 e. The molecule has 0 saturated carbocycles. The second-order valence-corrected chi connectivity index (χ2v) is 3.86. The first kappa shape index (κ1) is 7.19. The van der Waals surface area contributed by atoms with Crippen molar-refractivity contribution in [3.8, 4) is 0 Å². The van der Waals surface area contributed by atoms with Crippen LogP contribution in [0.2, 0.25) is 0 Å². The van der Waals surface area contributed by atoms with Crippen molar-refractivity contribution < 1.29 is 0 Å². The highest BCUT2D eigenvalue weighted by Crippen LogP contribution is 2.37. The van der Waals surface area contributed by atoms with Crippen molar-refractivity contribution in [1.82, 2.24) is 4.90 Å². The highest BCUT2D eigenvalue weighted by Gasteiger charge is 2.29. The SMILES string of the molecule is C1=CC2=C3C(CC=C2)CCN3C=C1. The molecule has 1 atom stereocenters. The van der Waals surface area contributed by atoms with Gasteiger partial charge >= 0.3 is 0 Å². The summed E-state index contributed by atoms with van der Waals surface area (Å²) in [4.78, 5) is 2.41. The Balaban J connectivity index is 2.14. The van der Waals surface area contributed by atoms with Crippen LogP contribution in [0.3, 0.4) is 0 Å². The van der Waals surface area contributed by atoms with E-state index in [4.69, 9.17) is 0 Å². The molecule has 2 aliphatic heterocycles. The lowest BCUT2D eigenvalue weighted by Gasteiger charge is -2.21. The van der Waals surface area contributed by atoms with Crippen LogP contribution in [0.4, 0.5) is 0 Å². The van der Waals surface area contributed by atoms with E-state index in [0.717, 1.165) is 5.92 Å². The Morgan fingerprint density at radius 3 is 3.23 bits per heavy atom. The average Bonchev–Trinajstić information content (AvgIpc) is 2.44. The Kier molecular flexibility index (Phi) is 1.45. The molecule has 13 heavy (non-hydrogen) atoms. The maximum absolute atomic E-state index is 2.41. The third-order valence-corrected chi connectivity index (χ3v) is 3.08. The van der Waals surface area contributed by atoms with E-state index in [2.05, 4.69) is 41.5 Å². The van der Waals surface area contributed by atoms with Gasteiger partial charge in [-0.2, -0.15) is 0 Å². The summed E-state index contributed by atoms with van der Waals surface area (Å²) in [5, 5.41) is 0. The minimum atomic E-state index is 0.785. The van der Waals surface area contributed by atoms with Gasteiger partial charge in [0.2, 0.25) is 0 Å². The molecular formula is C12H13N. The van der Waals surface area contributed by atoms with Crippen molar-refractivity contribution in [2.45, 2.75) is 12.8 Å². The zero-order chi connectivity index (χ0) is 8.67. The van der Waals surface area contributed by atoms with Crippen LogP contribution in [0.1, 0.15) is 12.8 Å². The standard InChI is InChI=1S/C12H13N/c1-2-8-13-9-7-11-6-3-5-10(4-1)12(11)13/h1-5,8,11H,6-7,9H2. The molecule has 0 bridgehead atoms. The van der Waals surface area contributed by atoms with Gasteiger partial charge in [-0.15, -0.1) is 0 Å². The summed E-state index contributed by atoms with van der Waals surface area (Å²) in [6.07, 6.45) is 15.8. The second-order valence-electron chi connectivity index (χ2n) is 3.86. The Labute approximate surface area is 78.7 Å². The van der Waals surface area contributed by atoms with Crippen LogP contribution >= 0.6 is 0 Å². The number of allylic oxidation sites excluding steroid dienone is 7. The number of hydrogen-bond donors (Lipinski definition) is 0. The van der Waals surface area contributed by atoms with E-state index >= 15 is 0 Å². The summed E-state index contributed by atoms with van der Waals surface area (Å²) in [6.45, 7) is 1.20. The quantitative estimate of drug-likeness (QED) is 0.541. The van der Waals surface area contributed by atoms with Crippen LogP contribution < -0.4 is 0 Å². The van der Waals surface area contributed by atoms with Crippen molar-refractivity contribution in [1.29, 1.82) is 0 Å². The van der Waals surface area contributed by atoms with E-state index in [1.165, 1.54) is 25.0 Å².